The average Bonchev–Trinajstić information content (AvgIpc) is 2.17. The lowest BCUT2D eigenvalue weighted by molar-refractivity contribution is 0.237. The second kappa shape index (κ2) is 4.46. The fraction of sp³-hybridized carbons (Fsp3) is 0.462. The van der Waals surface area contributed by atoms with Crippen LogP contribution in [-0.4, -0.2) is 24.5 Å². The number of nitrogens with zero attached hydrogens (tertiary/aromatic N) is 2. The Morgan fingerprint density at radius 3 is 2.53 bits per heavy atom. The van der Waals surface area contributed by atoms with Gasteiger partial charge in [-0.3, -0.25) is 4.90 Å². The molecular weight excluding hydrogens is 184 g/mol. The third-order valence-corrected chi connectivity index (χ3v) is 2.86. The van der Waals surface area contributed by atoms with Gasteiger partial charge >= 0.3 is 0 Å². The zero-order chi connectivity index (χ0) is 11.5. The summed E-state index contributed by atoms with van der Waals surface area (Å²) in [6, 6.07) is 10.7. The fourth-order valence-corrected chi connectivity index (χ4v) is 1.52. The van der Waals surface area contributed by atoms with Gasteiger partial charge in [-0.25, -0.2) is 0 Å². The van der Waals surface area contributed by atoms with Crippen LogP contribution in [0.2, 0.25) is 0 Å². The third kappa shape index (κ3) is 2.81. The van der Waals surface area contributed by atoms with Crippen molar-refractivity contribution in [2.75, 3.05) is 14.1 Å². The molecule has 0 aromatic heterocycles. The van der Waals surface area contributed by atoms with Crippen LogP contribution in [0.1, 0.15) is 18.1 Å². The van der Waals surface area contributed by atoms with Gasteiger partial charge in [-0.1, -0.05) is 29.8 Å². The monoisotopic (exact) mass is 202 g/mol. The normalized spacial score (nSPS) is 14.7. The predicted molar refractivity (Wildman–Crippen MR) is 62.6 cm³/mol. The van der Waals surface area contributed by atoms with Gasteiger partial charge < -0.3 is 0 Å². The molecule has 0 spiro atoms. The summed E-state index contributed by atoms with van der Waals surface area (Å²) in [6.45, 7) is 4.04. The zero-order valence-electron chi connectivity index (χ0n) is 9.91. The highest BCUT2D eigenvalue weighted by Crippen LogP contribution is 2.18. The van der Waals surface area contributed by atoms with E-state index >= 15 is 0 Å². The van der Waals surface area contributed by atoms with Crippen molar-refractivity contribution in [1.29, 1.82) is 5.26 Å². The highest BCUT2D eigenvalue weighted by molar-refractivity contribution is 5.26. The number of likely N-dealkylation sites (N-methyl/N-ethyl adjacent to an activating group) is 1. The van der Waals surface area contributed by atoms with Gasteiger partial charge in [0.05, 0.1) is 6.07 Å². The van der Waals surface area contributed by atoms with E-state index in [1.807, 2.05) is 32.0 Å². The highest BCUT2D eigenvalue weighted by Gasteiger charge is 2.26. The van der Waals surface area contributed by atoms with Gasteiger partial charge in [0.1, 0.15) is 5.54 Å². The van der Waals surface area contributed by atoms with Crippen molar-refractivity contribution in [2.45, 2.75) is 25.8 Å². The van der Waals surface area contributed by atoms with E-state index in [1.165, 1.54) is 11.1 Å². The maximum atomic E-state index is 9.19. The molecule has 2 nitrogen and oxygen atoms in total. The van der Waals surface area contributed by atoms with Crippen molar-refractivity contribution in [2.24, 2.45) is 0 Å². The summed E-state index contributed by atoms with van der Waals surface area (Å²) in [7, 11) is 3.89. The number of hydrogen-bond acceptors (Lipinski definition) is 2. The van der Waals surface area contributed by atoms with E-state index in [-0.39, 0.29) is 0 Å². The molecular formula is C13H18N2. The summed E-state index contributed by atoms with van der Waals surface area (Å²) in [5.41, 5.74) is 2.03. The quantitative estimate of drug-likeness (QED) is 0.752. The van der Waals surface area contributed by atoms with Gasteiger partial charge in [0, 0.05) is 6.42 Å². The fourth-order valence-electron chi connectivity index (χ4n) is 1.52. The first-order valence-electron chi connectivity index (χ1n) is 5.12. The lowest BCUT2D eigenvalue weighted by Crippen LogP contribution is -2.41. The van der Waals surface area contributed by atoms with Crippen LogP contribution in [0.5, 0.6) is 0 Å². The molecule has 0 radical (unpaired) electrons. The summed E-state index contributed by atoms with van der Waals surface area (Å²) in [6.07, 6.45) is 0.762. The molecule has 80 valence electrons. The lowest BCUT2D eigenvalue weighted by Gasteiger charge is -2.29. The maximum Gasteiger partial charge on any atom is 0.109 e. The van der Waals surface area contributed by atoms with Gasteiger partial charge in [0.2, 0.25) is 0 Å². The van der Waals surface area contributed by atoms with Crippen molar-refractivity contribution in [3.8, 4) is 6.07 Å². The first-order valence-corrected chi connectivity index (χ1v) is 5.12. The molecule has 1 unspecified atom stereocenters. The number of rotatable bonds is 3. The maximum absolute atomic E-state index is 9.19. The Hall–Kier alpha value is -1.33. The van der Waals surface area contributed by atoms with Crippen molar-refractivity contribution >= 4 is 0 Å². The molecule has 0 aliphatic carbocycles. The topological polar surface area (TPSA) is 27.0 Å². The van der Waals surface area contributed by atoms with E-state index in [9.17, 15) is 5.26 Å². The Labute approximate surface area is 92.1 Å². The molecule has 0 amide bonds. The van der Waals surface area contributed by atoms with Crippen molar-refractivity contribution < 1.29 is 0 Å². The highest BCUT2D eigenvalue weighted by atomic mass is 15.1. The smallest absolute Gasteiger partial charge is 0.109 e. The first kappa shape index (κ1) is 11.7. The molecule has 15 heavy (non-hydrogen) atoms. The molecule has 2 heteroatoms. The number of benzene rings is 1. The third-order valence-electron chi connectivity index (χ3n) is 2.86. The minimum absolute atomic E-state index is 0.423. The van der Waals surface area contributed by atoms with Crippen molar-refractivity contribution in [3.63, 3.8) is 0 Å². The average molecular weight is 202 g/mol. The van der Waals surface area contributed by atoms with E-state index in [0.717, 1.165) is 6.42 Å². The molecule has 0 saturated heterocycles. The molecule has 1 aromatic rings. The van der Waals surface area contributed by atoms with Crippen LogP contribution in [0.15, 0.2) is 24.3 Å². The number of nitriles is 1. The molecule has 0 heterocycles. The largest absolute Gasteiger partial charge is 0.292 e. The molecule has 1 aromatic carbocycles. The van der Waals surface area contributed by atoms with Crippen LogP contribution >= 0.6 is 0 Å². The molecule has 0 N–H and O–H groups in total. The first-order chi connectivity index (χ1) is 6.98. The number of hydrogen-bond donors (Lipinski definition) is 0. The van der Waals surface area contributed by atoms with Gasteiger partial charge in [-0.05, 0) is 33.5 Å². The minimum Gasteiger partial charge on any atom is -0.292 e. The summed E-state index contributed by atoms with van der Waals surface area (Å²) in [5, 5.41) is 9.19. The molecule has 0 bridgehead atoms. The van der Waals surface area contributed by atoms with Crippen molar-refractivity contribution in [3.05, 3.63) is 35.4 Å². The molecule has 0 saturated carbocycles. The Morgan fingerprint density at radius 2 is 2.07 bits per heavy atom. The Balaban J connectivity index is 2.90. The van der Waals surface area contributed by atoms with E-state index in [4.69, 9.17) is 0 Å². The molecule has 1 atom stereocenters. The Kier molecular flexibility index (Phi) is 3.49. The summed E-state index contributed by atoms with van der Waals surface area (Å²) < 4.78 is 0. The predicted octanol–water partition coefficient (Wildman–Crippen LogP) is 2.38. The van der Waals surface area contributed by atoms with E-state index in [1.54, 1.807) is 0 Å². The van der Waals surface area contributed by atoms with Crippen LogP contribution in [-0.2, 0) is 6.42 Å². The van der Waals surface area contributed by atoms with E-state index in [0.29, 0.717) is 0 Å². The molecule has 0 aliphatic rings. The second-order valence-electron chi connectivity index (χ2n) is 4.45. The summed E-state index contributed by atoms with van der Waals surface area (Å²) in [4.78, 5) is 1.97. The Morgan fingerprint density at radius 1 is 1.40 bits per heavy atom. The zero-order valence-corrected chi connectivity index (χ0v) is 9.91. The number of aryl methyl sites for hydroxylation is 1. The lowest BCUT2D eigenvalue weighted by atomic mass is 9.92. The summed E-state index contributed by atoms with van der Waals surface area (Å²) in [5.74, 6) is 0. The van der Waals surface area contributed by atoms with Gasteiger partial charge in [-0.2, -0.15) is 5.26 Å². The van der Waals surface area contributed by atoms with Crippen LogP contribution in [0.3, 0.4) is 0 Å². The SMILES string of the molecule is Cc1cccc(CC(C)(C#N)N(C)C)c1. The minimum atomic E-state index is -0.423. The molecule has 0 fully saturated rings. The van der Waals surface area contributed by atoms with Crippen LogP contribution in [0.4, 0.5) is 0 Å². The Bertz CT molecular complexity index is 376. The van der Waals surface area contributed by atoms with Crippen LogP contribution < -0.4 is 0 Å². The molecule has 0 aliphatic heterocycles. The van der Waals surface area contributed by atoms with Crippen molar-refractivity contribution in [1.82, 2.24) is 4.90 Å². The van der Waals surface area contributed by atoms with Gasteiger partial charge in [0.25, 0.3) is 0 Å². The van der Waals surface area contributed by atoms with Gasteiger partial charge in [-0.15, -0.1) is 0 Å². The van der Waals surface area contributed by atoms with E-state index in [2.05, 4.69) is 31.2 Å². The summed E-state index contributed by atoms with van der Waals surface area (Å²) >= 11 is 0. The van der Waals surface area contributed by atoms with E-state index < -0.39 is 5.54 Å². The standard InChI is InChI=1S/C13H18N2/c1-11-6-5-7-12(8-11)9-13(2,10-14)15(3)4/h5-8H,9H2,1-4H3. The van der Waals surface area contributed by atoms with Crippen LogP contribution in [0.25, 0.3) is 0 Å². The van der Waals surface area contributed by atoms with Gasteiger partial charge in [0.15, 0.2) is 0 Å². The molecule has 1 rings (SSSR count). The van der Waals surface area contributed by atoms with Crippen LogP contribution in [0, 0.1) is 18.3 Å². The second-order valence-corrected chi connectivity index (χ2v) is 4.45.